The number of hydrogen-bond donors (Lipinski definition) is 0. The van der Waals surface area contributed by atoms with Crippen molar-refractivity contribution < 1.29 is 0 Å². The highest BCUT2D eigenvalue weighted by Crippen LogP contribution is 2.37. The van der Waals surface area contributed by atoms with Crippen LogP contribution in [-0.4, -0.2) is 18.6 Å². The minimum atomic E-state index is 0.498. The number of thiazole rings is 1. The summed E-state index contributed by atoms with van der Waals surface area (Å²) in [7, 11) is 2.22. The second kappa shape index (κ2) is 6.70. The van der Waals surface area contributed by atoms with Crippen LogP contribution in [0.1, 0.15) is 67.1 Å². The Balaban J connectivity index is 1.68. The van der Waals surface area contributed by atoms with Crippen LogP contribution < -0.4 is 4.90 Å². The minimum absolute atomic E-state index is 0.498. The molecule has 0 aliphatic carbocycles. The predicted octanol–water partition coefficient (Wildman–Crippen LogP) is 6.32. The maximum Gasteiger partial charge on any atom is 0.0963 e. The first-order chi connectivity index (χ1) is 12.4. The van der Waals surface area contributed by atoms with Gasteiger partial charge in [0, 0.05) is 31.1 Å². The van der Waals surface area contributed by atoms with Gasteiger partial charge in [0.15, 0.2) is 0 Å². The molecule has 1 aliphatic heterocycles. The Bertz CT molecular complexity index is 939. The van der Waals surface area contributed by atoms with E-state index in [-0.39, 0.29) is 0 Å². The molecule has 3 aromatic rings. The molecule has 4 rings (SSSR count). The molecule has 0 bridgehead atoms. The minimum Gasteiger partial charge on any atom is -0.374 e. The van der Waals surface area contributed by atoms with Gasteiger partial charge < -0.3 is 4.90 Å². The van der Waals surface area contributed by atoms with Gasteiger partial charge in [0.2, 0.25) is 0 Å². The molecule has 0 radical (unpaired) electrons. The van der Waals surface area contributed by atoms with Crippen molar-refractivity contribution >= 4 is 27.2 Å². The van der Waals surface area contributed by atoms with Gasteiger partial charge in [-0.1, -0.05) is 45.9 Å². The summed E-state index contributed by atoms with van der Waals surface area (Å²) < 4.78 is 1.31. The monoisotopic (exact) mass is 364 g/mol. The Morgan fingerprint density at radius 3 is 2.58 bits per heavy atom. The van der Waals surface area contributed by atoms with Crippen molar-refractivity contribution in [3.8, 4) is 0 Å². The zero-order chi connectivity index (χ0) is 18.4. The summed E-state index contributed by atoms with van der Waals surface area (Å²) in [6, 6.07) is 13.9. The predicted molar refractivity (Wildman–Crippen MR) is 114 cm³/mol. The molecule has 0 saturated heterocycles. The van der Waals surface area contributed by atoms with Crippen LogP contribution in [0.5, 0.6) is 0 Å². The molecule has 2 heterocycles. The zero-order valence-corrected chi connectivity index (χ0v) is 17.2. The Hall–Kier alpha value is -1.87. The summed E-state index contributed by atoms with van der Waals surface area (Å²) in [5, 5.41) is 1.24. The lowest BCUT2D eigenvalue weighted by molar-refractivity contribution is 0.637. The molecule has 1 aliphatic rings. The van der Waals surface area contributed by atoms with Gasteiger partial charge >= 0.3 is 0 Å². The fraction of sp³-hybridized carbons (Fsp3) is 0.435. The smallest absolute Gasteiger partial charge is 0.0963 e. The Kier molecular flexibility index (Phi) is 4.52. The molecule has 1 aromatic heterocycles. The molecule has 0 fully saturated rings. The highest BCUT2D eigenvalue weighted by molar-refractivity contribution is 7.18. The van der Waals surface area contributed by atoms with Crippen molar-refractivity contribution in [3.63, 3.8) is 0 Å². The molecule has 2 nitrogen and oxygen atoms in total. The highest BCUT2D eigenvalue weighted by atomic mass is 32.1. The second-order valence-electron chi connectivity index (χ2n) is 8.26. The zero-order valence-electron chi connectivity index (χ0n) is 16.4. The van der Waals surface area contributed by atoms with E-state index in [0.29, 0.717) is 17.8 Å². The molecule has 0 N–H and O–H groups in total. The van der Waals surface area contributed by atoms with Gasteiger partial charge in [-0.15, -0.1) is 11.3 Å². The fourth-order valence-corrected chi connectivity index (χ4v) is 4.90. The standard InChI is InChI=1S/C23H28N2S/c1-14(2)16-6-8-21-18(10-16)11-19(13-25(21)5)17-7-9-22-20(12-17)24-23(26-22)15(3)4/h6-10,12,14-15,19H,11,13H2,1-5H3. The lowest BCUT2D eigenvalue weighted by Gasteiger charge is -2.34. The highest BCUT2D eigenvalue weighted by Gasteiger charge is 2.24. The molecule has 2 aromatic carbocycles. The number of anilines is 1. The molecule has 1 atom stereocenters. The summed E-state index contributed by atoms with van der Waals surface area (Å²) in [6.07, 6.45) is 1.12. The molecule has 0 saturated carbocycles. The quantitative estimate of drug-likeness (QED) is 0.540. The van der Waals surface area contributed by atoms with Crippen LogP contribution in [0.25, 0.3) is 10.2 Å². The Morgan fingerprint density at radius 2 is 1.85 bits per heavy atom. The molecular weight excluding hydrogens is 336 g/mol. The topological polar surface area (TPSA) is 16.1 Å². The van der Waals surface area contributed by atoms with E-state index in [2.05, 4.69) is 76.0 Å². The third kappa shape index (κ3) is 3.14. The van der Waals surface area contributed by atoms with Crippen molar-refractivity contribution in [2.75, 3.05) is 18.5 Å². The van der Waals surface area contributed by atoms with Crippen LogP contribution >= 0.6 is 11.3 Å². The molecule has 3 heteroatoms. The normalized spacial score (nSPS) is 17.3. The van der Waals surface area contributed by atoms with E-state index in [0.717, 1.165) is 13.0 Å². The first-order valence-corrected chi connectivity index (χ1v) is 10.5. The molecule has 1 unspecified atom stereocenters. The number of hydrogen-bond acceptors (Lipinski definition) is 3. The van der Waals surface area contributed by atoms with E-state index in [9.17, 15) is 0 Å². The van der Waals surface area contributed by atoms with Crippen molar-refractivity contribution in [1.82, 2.24) is 4.98 Å². The van der Waals surface area contributed by atoms with Crippen LogP contribution in [0, 0.1) is 0 Å². The number of likely N-dealkylation sites (N-methyl/N-ethyl adjacent to an activating group) is 1. The lowest BCUT2D eigenvalue weighted by Crippen LogP contribution is -2.31. The van der Waals surface area contributed by atoms with Crippen LogP contribution in [0.3, 0.4) is 0 Å². The van der Waals surface area contributed by atoms with Gasteiger partial charge in [-0.25, -0.2) is 4.98 Å². The van der Waals surface area contributed by atoms with Crippen molar-refractivity contribution in [1.29, 1.82) is 0 Å². The van der Waals surface area contributed by atoms with Crippen molar-refractivity contribution in [3.05, 3.63) is 58.1 Å². The summed E-state index contributed by atoms with van der Waals surface area (Å²) >= 11 is 1.83. The number of fused-ring (bicyclic) bond motifs is 2. The summed E-state index contributed by atoms with van der Waals surface area (Å²) in [5.41, 5.74) is 6.90. The van der Waals surface area contributed by atoms with E-state index in [4.69, 9.17) is 4.98 Å². The molecule has 26 heavy (non-hydrogen) atoms. The van der Waals surface area contributed by atoms with E-state index in [1.807, 2.05) is 11.3 Å². The number of rotatable bonds is 3. The molecule has 136 valence electrons. The first-order valence-electron chi connectivity index (χ1n) is 9.66. The van der Waals surface area contributed by atoms with Crippen molar-refractivity contribution in [2.24, 2.45) is 0 Å². The van der Waals surface area contributed by atoms with Crippen LogP contribution in [-0.2, 0) is 6.42 Å². The van der Waals surface area contributed by atoms with Crippen molar-refractivity contribution in [2.45, 2.75) is 51.9 Å². The number of aromatic nitrogens is 1. The van der Waals surface area contributed by atoms with E-state index < -0.39 is 0 Å². The summed E-state index contributed by atoms with van der Waals surface area (Å²) in [6.45, 7) is 10.1. The third-order valence-electron chi connectivity index (χ3n) is 5.54. The van der Waals surface area contributed by atoms with Crippen LogP contribution in [0.15, 0.2) is 36.4 Å². The Morgan fingerprint density at radius 1 is 1.04 bits per heavy atom. The van der Waals surface area contributed by atoms with Crippen LogP contribution in [0.4, 0.5) is 5.69 Å². The average molecular weight is 365 g/mol. The number of nitrogens with zero attached hydrogens (tertiary/aromatic N) is 2. The van der Waals surface area contributed by atoms with Gasteiger partial charge in [-0.2, -0.15) is 0 Å². The lowest BCUT2D eigenvalue weighted by atomic mass is 9.85. The van der Waals surface area contributed by atoms with Gasteiger partial charge in [-0.05, 0) is 47.2 Å². The molecular formula is C23H28N2S. The summed E-state index contributed by atoms with van der Waals surface area (Å²) in [4.78, 5) is 7.29. The van der Waals surface area contributed by atoms with Gasteiger partial charge in [0.25, 0.3) is 0 Å². The molecule has 0 spiro atoms. The Labute approximate surface area is 160 Å². The maximum atomic E-state index is 4.87. The third-order valence-corrected chi connectivity index (χ3v) is 6.87. The van der Waals surface area contributed by atoms with Crippen LogP contribution in [0.2, 0.25) is 0 Å². The van der Waals surface area contributed by atoms with Gasteiger partial charge in [0.05, 0.1) is 15.2 Å². The van der Waals surface area contributed by atoms with E-state index in [1.54, 1.807) is 0 Å². The SMILES string of the molecule is CC(C)c1ccc2c(c1)CC(c1ccc3sc(C(C)C)nc3c1)CN2C. The second-order valence-corrected chi connectivity index (χ2v) is 9.32. The average Bonchev–Trinajstić information content (AvgIpc) is 3.04. The fourth-order valence-electron chi connectivity index (χ4n) is 3.95. The first kappa shape index (κ1) is 17.5. The van der Waals surface area contributed by atoms with Gasteiger partial charge in [0.1, 0.15) is 0 Å². The molecule has 0 amide bonds. The van der Waals surface area contributed by atoms with E-state index >= 15 is 0 Å². The van der Waals surface area contributed by atoms with Gasteiger partial charge in [-0.3, -0.25) is 0 Å². The van der Waals surface area contributed by atoms with E-state index in [1.165, 1.54) is 37.6 Å². The summed E-state index contributed by atoms with van der Waals surface area (Å²) in [5.74, 6) is 1.60. The number of benzene rings is 2. The largest absolute Gasteiger partial charge is 0.374 e. The maximum absolute atomic E-state index is 4.87.